The minimum atomic E-state index is 0.443. The number of nitrogens with zero attached hydrogens (tertiary/aromatic N) is 2. The van der Waals surface area contributed by atoms with Crippen molar-refractivity contribution < 1.29 is 4.74 Å². The van der Waals surface area contributed by atoms with Gasteiger partial charge in [-0.25, -0.2) is 4.98 Å². The number of ether oxygens (including phenoxy) is 1. The van der Waals surface area contributed by atoms with E-state index >= 15 is 0 Å². The van der Waals surface area contributed by atoms with Gasteiger partial charge in [-0.1, -0.05) is 6.07 Å². The number of pyridine rings is 2. The standard InChI is InChI=1S/C15H11ClN2O/c16-10-11-5-7-18-15(8-11)19-13-4-3-12-2-1-6-17-14(12)9-13/h1-9H,10H2. The Kier molecular flexibility index (Phi) is 3.29. The van der Waals surface area contributed by atoms with Gasteiger partial charge in [0.2, 0.25) is 5.88 Å². The lowest BCUT2D eigenvalue weighted by Gasteiger charge is -2.06. The Labute approximate surface area is 115 Å². The maximum atomic E-state index is 5.79. The van der Waals surface area contributed by atoms with Gasteiger partial charge < -0.3 is 4.74 Å². The number of benzene rings is 1. The van der Waals surface area contributed by atoms with Gasteiger partial charge in [0.05, 0.1) is 5.52 Å². The molecule has 19 heavy (non-hydrogen) atoms. The Balaban J connectivity index is 1.92. The third kappa shape index (κ3) is 2.66. The third-order valence-electron chi connectivity index (χ3n) is 2.75. The minimum absolute atomic E-state index is 0.443. The van der Waals surface area contributed by atoms with Crippen molar-refractivity contribution in [2.75, 3.05) is 0 Å². The van der Waals surface area contributed by atoms with E-state index in [1.807, 2.05) is 42.5 Å². The van der Waals surface area contributed by atoms with Crippen LogP contribution in [0, 0.1) is 0 Å². The normalized spacial score (nSPS) is 10.6. The van der Waals surface area contributed by atoms with Crippen LogP contribution in [0.4, 0.5) is 0 Å². The number of fused-ring (bicyclic) bond motifs is 1. The third-order valence-corrected chi connectivity index (χ3v) is 3.06. The lowest BCUT2D eigenvalue weighted by Crippen LogP contribution is -1.89. The molecule has 0 radical (unpaired) electrons. The fourth-order valence-electron chi connectivity index (χ4n) is 1.82. The van der Waals surface area contributed by atoms with Crippen LogP contribution in [0.5, 0.6) is 11.6 Å². The average molecular weight is 271 g/mol. The highest BCUT2D eigenvalue weighted by molar-refractivity contribution is 6.17. The van der Waals surface area contributed by atoms with Crippen molar-refractivity contribution in [1.82, 2.24) is 9.97 Å². The lowest BCUT2D eigenvalue weighted by atomic mass is 10.2. The van der Waals surface area contributed by atoms with Gasteiger partial charge in [-0.3, -0.25) is 4.98 Å². The number of alkyl halides is 1. The summed E-state index contributed by atoms with van der Waals surface area (Å²) in [6.45, 7) is 0. The van der Waals surface area contributed by atoms with Gasteiger partial charge in [0.15, 0.2) is 0 Å². The van der Waals surface area contributed by atoms with E-state index in [1.54, 1.807) is 12.4 Å². The van der Waals surface area contributed by atoms with Gasteiger partial charge in [0, 0.05) is 35.8 Å². The van der Waals surface area contributed by atoms with Gasteiger partial charge in [0.25, 0.3) is 0 Å². The van der Waals surface area contributed by atoms with E-state index in [4.69, 9.17) is 16.3 Å². The molecule has 0 bridgehead atoms. The lowest BCUT2D eigenvalue weighted by molar-refractivity contribution is 0.463. The van der Waals surface area contributed by atoms with E-state index in [1.165, 1.54) is 0 Å². The van der Waals surface area contributed by atoms with Crippen molar-refractivity contribution in [1.29, 1.82) is 0 Å². The molecule has 4 heteroatoms. The number of aromatic nitrogens is 2. The number of hydrogen-bond donors (Lipinski definition) is 0. The van der Waals surface area contributed by atoms with Crippen LogP contribution in [-0.2, 0) is 5.88 Å². The molecule has 3 nitrogen and oxygen atoms in total. The molecule has 3 aromatic rings. The molecule has 94 valence electrons. The van der Waals surface area contributed by atoms with Gasteiger partial charge in [-0.05, 0) is 29.8 Å². The zero-order valence-corrected chi connectivity index (χ0v) is 10.8. The molecule has 2 heterocycles. The highest BCUT2D eigenvalue weighted by Gasteiger charge is 2.02. The number of hydrogen-bond acceptors (Lipinski definition) is 3. The Morgan fingerprint density at radius 2 is 1.95 bits per heavy atom. The molecule has 0 aliphatic carbocycles. The summed E-state index contributed by atoms with van der Waals surface area (Å²) in [5, 5.41) is 1.08. The Morgan fingerprint density at radius 3 is 2.84 bits per heavy atom. The summed E-state index contributed by atoms with van der Waals surface area (Å²) in [5.74, 6) is 1.69. The fourth-order valence-corrected chi connectivity index (χ4v) is 1.99. The number of halogens is 1. The van der Waals surface area contributed by atoms with E-state index < -0.39 is 0 Å². The first-order chi connectivity index (χ1) is 9.35. The van der Waals surface area contributed by atoms with E-state index in [-0.39, 0.29) is 0 Å². The van der Waals surface area contributed by atoms with Crippen LogP contribution in [0.25, 0.3) is 10.9 Å². The summed E-state index contributed by atoms with van der Waals surface area (Å²) >= 11 is 5.79. The maximum Gasteiger partial charge on any atom is 0.219 e. The van der Waals surface area contributed by atoms with Crippen molar-refractivity contribution in [3.8, 4) is 11.6 Å². The van der Waals surface area contributed by atoms with Gasteiger partial charge >= 0.3 is 0 Å². The largest absolute Gasteiger partial charge is 0.439 e. The summed E-state index contributed by atoms with van der Waals surface area (Å²) in [5.41, 5.74) is 1.87. The predicted octanol–water partition coefficient (Wildman–Crippen LogP) is 4.16. The first-order valence-corrected chi connectivity index (χ1v) is 6.42. The monoisotopic (exact) mass is 270 g/mol. The van der Waals surface area contributed by atoms with Crippen molar-refractivity contribution >= 4 is 22.5 Å². The minimum Gasteiger partial charge on any atom is -0.439 e. The molecule has 0 aliphatic rings. The first-order valence-electron chi connectivity index (χ1n) is 5.89. The van der Waals surface area contributed by atoms with Crippen LogP contribution >= 0.6 is 11.6 Å². The Bertz CT molecular complexity index is 715. The molecule has 2 aromatic heterocycles. The SMILES string of the molecule is ClCc1ccnc(Oc2ccc3cccnc3c2)c1. The van der Waals surface area contributed by atoms with E-state index in [2.05, 4.69) is 9.97 Å². The van der Waals surface area contributed by atoms with Crippen LogP contribution in [-0.4, -0.2) is 9.97 Å². The van der Waals surface area contributed by atoms with Crippen LogP contribution < -0.4 is 4.74 Å². The summed E-state index contributed by atoms with van der Waals surface area (Å²) in [7, 11) is 0. The predicted molar refractivity (Wildman–Crippen MR) is 75.6 cm³/mol. The summed E-state index contributed by atoms with van der Waals surface area (Å²) in [4.78, 5) is 8.46. The molecule has 0 N–H and O–H groups in total. The molecular formula is C15H11ClN2O. The molecule has 0 spiro atoms. The van der Waals surface area contributed by atoms with Crippen molar-refractivity contribution in [2.24, 2.45) is 0 Å². The molecule has 0 saturated carbocycles. The molecule has 0 saturated heterocycles. The van der Waals surface area contributed by atoms with Gasteiger partial charge in [-0.15, -0.1) is 11.6 Å². The van der Waals surface area contributed by atoms with Crippen LogP contribution in [0.1, 0.15) is 5.56 Å². The Morgan fingerprint density at radius 1 is 1.00 bits per heavy atom. The Hall–Kier alpha value is -2.13. The van der Waals surface area contributed by atoms with E-state index in [9.17, 15) is 0 Å². The summed E-state index contributed by atoms with van der Waals surface area (Å²) in [6, 6.07) is 13.4. The topological polar surface area (TPSA) is 35.0 Å². The fraction of sp³-hybridized carbons (Fsp3) is 0.0667. The van der Waals surface area contributed by atoms with Crippen LogP contribution in [0.15, 0.2) is 54.9 Å². The first kappa shape index (κ1) is 11.9. The molecule has 0 atom stereocenters. The molecule has 3 rings (SSSR count). The molecule has 0 amide bonds. The quantitative estimate of drug-likeness (QED) is 0.670. The smallest absolute Gasteiger partial charge is 0.219 e. The number of rotatable bonds is 3. The molecule has 1 aromatic carbocycles. The van der Waals surface area contributed by atoms with Gasteiger partial charge in [0.1, 0.15) is 5.75 Å². The average Bonchev–Trinajstić information content (AvgIpc) is 2.47. The zero-order valence-electron chi connectivity index (χ0n) is 10.1. The van der Waals surface area contributed by atoms with Crippen LogP contribution in [0.3, 0.4) is 0 Å². The zero-order chi connectivity index (χ0) is 13.1. The van der Waals surface area contributed by atoms with Gasteiger partial charge in [-0.2, -0.15) is 0 Å². The maximum absolute atomic E-state index is 5.79. The second kappa shape index (κ2) is 5.24. The molecule has 0 unspecified atom stereocenters. The van der Waals surface area contributed by atoms with Crippen molar-refractivity contribution in [3.63, 3.8) is 0 Å². The van der Waals surface area contributed by atoms with Crippen molar-refractivity contribution in [2.45, 2.75) is 5.88 Å². The summed E-state index contributed by atoms with van der Waals surface area (Å²) < 4.78 is 5.72. The van der Waals surface area contributed by atoms with Crippen molar-refractivity contribution in [3.05, 3.63) is 60.4 Å². The highest BCUT2D eigenvalue weighted by atomic mass is 35.5. The second-order valence-electron chi connectivity index (χ2n) is 4.10. The molecule has 0 fully saturated rings. The highest BCUT2D eigenvalue weighted by Crippen LogP contribution is 2.24. The second-order valence-corrected chi connectivity index (χ2v) is 4.36. The molecule has 0 aliphatic heterocycles. The molecular weight excluding hydrogens is 260 g/mol. The van der Waals surface area contributed by atoms with E-state index in [0.29, 0.717) is 17.5 Å². The van der Waals surface area contributed by atoms with Crippen LogP contribution in [0.2, 0.25) is 0 Å². The summed E-state index contributed by atoms with van der Waals surface area (Å²) in [6.07, 6.45) is 3.45. The van der Waals surface area contributed by atoms with E-state index in [0.717, 1.165) is 16.5 Å².